The van der Waals surface area contributed by atoms with E-state index in [1.54, 1.807) is 24.3 Å². The Hall–Kier alpha value is -2.49. The molecule has 0 amide bonds. The van der Waals surface area contributed by atoms with Crippen molar-refractivity contribution in [2.75, 3.05) is 6.61 Å². The van der Waals surface area contributed by atoms with Gasteiger partial charge in [0.2, 0.25) is 0 Å². The van der Waals surface area contributed by atoms with Gasteiger partial charge in [-0.05, 0) is 47.7 Å². The minimum atomic E-state index is -0.663. The van der Waals surface area contributed by atoms with E-state index >= 15 is 0 Å². The number of carbonyl (C=O) groups is 1. The number of ether oxygens (including phenoxy) is 2. The number of phenolic OH excluding ortho intramolecular Hbond substituents is 1. The maximum atomic E-state index is 11.7. The lowest BCUT2D eigenvalue weighted by Crippen LogP contribution is -2.11. The highest BCUT2D eigenvalue weighted by molar-refractivity contribution is 5.67. The predicted molar refractivity (Wildman–Crippen MR) is 103 cm³/mol. The Kier molecular flexibility index (Phi) is 8.00. The van der Waals surface area contributed by atoms with Gasteiger partial charge in [-0.1, -0.05) is 63.8 Å². The van der Waals surface area contributed by atoms with Gasteiger partial charge < -0.3 is 14.6 Å². The monoisotopic (exact) mass is 356 g/mol. The second-order valence-electron chi connectivity index (χ2n) is 6.63. The molecule has 0 fully saturated rings. The normalized spacial score (nSPS) is 11.8. The lowest BCUT2D eigenvalue weighted by molar-refractivity contribution is 0.0972. The molecule has 1 atom stereocenters. The number of phenols is 1. The molecule has 0 saturated carbocycles. The molecule has 2 aromatic carbocycles. The Morgan fingerprint density at radius 1 is 0.962 bits per heavy atom. The van der Waals surface area contributed by atoms with Gasteiger partial charge in [0, 0.05) is 0 Å². The van der Waals surface area contributed by atoms with E-state index in [0.717, 1.165) is 29.9 Å². The summed E-state index contributed by atoms with van der Waals surface area (Å²) in [5, 5.41) is 9.33. The Morgan fingerprint density at radius 3 is 2.19 bits per heavy atom. The van der Waals surface area contributed by atoms with E-state index in [1.165, 1.54) is 19.3 Å². The summed E-state index contributed by atoms with van der Waals surface area (Å²) in [6.45, 7) is 4.87. The molecule has 140 valence electrons. The van der Waals surface area contributed by atoms with Crippen molar-refractivity contribution in [3.63, 3.8) is 0 Å². The minimum Gasteiger partial charge on any atom is -0.508 e. The highest BCUT2D eigenvalue weighted by Crippen LogP contribution is 2.24. The fraction of sp³-hybridized carbons (Fsp3) is 0.409. The van der Waals surface area contributed by atoms with Crippen molar-refractivity contribution < 1.29 is 19.4 Å². The molecule has 0 aromatic heterocycles. The summed E-state index contributed by atoms with van der Waals surface area (Å²) in [6, 6.07) is 14.1. The van der Waals surface area contributed by atoms with Crippen LogP contribution in [0.4, 0.5) is 4.79 Å². The van der Waals surface area contributed by atoms with E-state index < -0.39 is 6.16 Å². The Morgan fingerprint density at radius 2 is 1.58 bits per heavy atom. The number of benzene rings is 2. The third-order valence-electron chi connectivity index (χ3n) is 4.51. The molecule has 0 aliphatic rings. The fourth-order valence-electron chi connectivity index (χ4n) is 2.63. The Bertz CT molecular complexity index is 662. The van der Waals surface area contributed by atoms with Crippen molar-refractivity contribution in [2.24, 2.45) is 5.92 Å². The van der Waals surface area contributed by atoms with Crippen molar-refractivity contribution >= 4 is 6.16 Å². The molecule has 26 heavy (non-hydrogen) atoms. The van der Waals surface area contributed by atoms with Crippen molar-refractivity contribution in [3.8, 4) is 22.6 Å². The molecule has 1 N–H and O–H groups in total. The molecule has 0 spiro atoms. The molecule has 4 heteroatoms. The summed E-state index contributed by atoms with van der Waals surface area (Å²) in [6.07, 6.45) is 4.89. The van der Waals surface area contributed by atoms with Crippen LogP contribution in [-0.4, -0.2) is 17.9 Å². The van der Waals surface area contributed by atoms with E-state index in [1.807, 2.05) is 24.3 Å². The summed E-state index contributed by atoms with van der Waals surface area (Å²) in [5.41, 5.74) is 1.96. The topological polar surface area (TPSA) is 55.8 Å². The van der Waals surface area contributed by atoms with Gasteiger partial charge in [-0.15, -0.1) is 0 Å². The molecule has 0 bridgehead atoms. The summed E-state index contributed by atoms with van der Waals surface area (Å²) in [5.74, 6) is 1.45. The maximum Gasteiger partial charge on any atom is 0.513 e. The standard InChI is InChI=1S/C22H28O4/c1-3-17(2)7-5-4-6-16-25-22(24)26-21-14-10-19(11-15-21)18-8-12-20(23)13-9-18/h8-15,17,23H,3-7,16H2,1-2H3. The van der Waals surface area contributed by atoms with E-state index in [4.69, 9.17) is 9.47 Å². The van der Waals surface area contributed by atoms with Crippen molar-refractivity contribution in [2.45, 2.75) is 46.0 Å². The first kappa shape index (κ1) is 19.8. The van der Waals surface area contributed by atoms with Crippen LogP contribution in [0.1, 0.15) is 46.0 Å². The van der Waals surface area contributed by atoms with E-state index in [9.17, 15) is 9.90 Å². The zero-order valence-corrected chi connectivity index (χ0v) is 15.6. The third kappa shape index (κ3) is 6.79. The van der Waals surface area contributed by atoms with Crippen LogP contribution in [0.5, 0.6) is 11.5 Å². The molecule has 2 aromatic rings. The summed E-state index contributed by atoms with van der Waals surface area (Å²) < 4.78 is 10.3. The second kappa shape index (κ2) is 10.5. The van der Waals surface area contributed by atoms with Gasteiger partial charge in [0.15, 0.2) is 0 Å². The third-order valence-corrected chi connectivity index (χ3v) is 4.51. The fourth-order valence-corrected chi connectivity index (χ4v) is 2.63. The van der Waals surface area contributed by atoms with Gasteiger partial charge in [0.25, 0.3) is 0 Å². The molecule has 1 unspecified atom stereocenters. The largest absolute Gasteiger partial charge is 0.513 e. The summed E-state index contributed by atoms with van der Waals surface area (Å²) >= 11 is 0. The number of hydrogen-bond acceptors (Lipinski definition) is 4. The average Bonchev–Trinajstić information content (AvgIpc) is 2.65. The first-order valence-corrected chi connectivity index (χ1v) is 9.32. The first-order chi connectivity index (χ1) is 12.6. The van der Waals surface area contributed by atoms with Crippen LogP contribution in [0.3, 0.4) is 0 Å². The number of aromatic hydroxyl groups is 1. The zero-order chi connectivity index (χ0) is 18.8. The summed E-state index contributed by atoms with van der Waals surface area (Å²) in [4.78, 5) is 11.7. The van der Waals surface area contributed by atoms with Crippen LogP contribution in [0.25, 0.3) is 11.1 Å². The van der Waals surface area contributed by atoms with Gasteiger partial charge in [-0.25, -0.2) is 4.79 Å². The zero-order valence-electron chi connectivity index (χ0n) is 15.6. The van der Waals surface area contributed by atoms with Gasteiger partial charge in [-0.3, -0.25) is 0 Å². The number of unbranched alkanes of at least 4 members (excludes halogenated alkanes) is 2. The van der Waals surface area contributed by atoms with Gasteiger partial charge >= 0.3 is 6.16 Å². The van der Waals surface area contributed by atoms with Crippen molar-refractivity contribution in [3.05, 3.63) is 48.5 Å². The maximum absolute atomic E-state index is 11.7. The molecule has 4 nitrogen and oxygen atoms in total. The molecule has 0 radical (unpaired) electrons. The average molecular weight is 356 g/mol. The van der Waals surface area contributed by atoms with Gasteiger partial charge in [0.1, 0.15) is 11.5 Å². The smallest absolute Gasteiger partial charge is 0.508 e. The number of hydrogen-bond donors (Lipinski definition) is 1. The lowest BCUT2D eigenvalue weighted by Gasteiger charge is -2.08. The highest BCUT2D eigenvalue weighted by Gasteiger charge is 2.07. The second-order valence-corrected chi connectivity index (χ2v) is 6.63. The van der Waals surface area contributed by atoms with Crippen LogP contribution in [0.15, 0.2) is 48.5 Å². The molecular formula is C22H28O4. The van der Waals surface area contributed by atoms with Crippen LogP contribution >= 0.6 is 0 Å². The molecule has 0 saturated heterocycles. The van der Waals surface area contributed by atoms with E-state index in [-0.39, 0.29) is 5.75 Å². The van der Waals surface area contributed by atoms with Crippen molar-refractivity contribution in [1.82, 2.24) is 0 Å². The molecular weight excluding hydrogens is 328 g/mol. The SMILES string of the molecule is CCC(C)CCCCCOC(=O)Oc1ccc(-c2ccc(O)cc2)cc1. The van der Waals surface area contributed by atoms with Crippen LogP contribution in [0, 0.1) is 5.92 Å². The highest BCUT2D eigenvalue weighted by atomic mass is 16.7. The Balaban J connectivity index is 1.69. The molecule has 0 heterocycles. The quantitative estimate of drug-likeness (QED) is 0.331. The van der Waals surface area contributed by atoms with Crippen molar-refractivity contribution in [1.29, 1.82) is 0 Å². The Labute approximate surface area is 155 Å². The molecule has 0 aliphatic carbocycles. The summed E-state index contributed by atoms with van der Waals surface area (Å²) in [7, 11) is 0. The number of rotatable bonds is 9. The minimum absolute atomic E-state index is 0.233. The van der Waals surface area contributed by atoms with Gasteiger partial charge in [-0.2, -0.15) is 0 Å². The molecule has 0 aliphatic heterocycles. The first-order valence-electron chi connectivity index (χ1n) is 9.32. The lowest BCUT2D eigenvalue weighted by atomic mass is 10.0. The molecule has 2 rings (SSSR count). The van der Waals surface area contributed by atoms with Crippen LogP contribution in [-0.2, 0) is 4.74 Å². The van der Waals surface area contributed by atoms with Gasteiger partial charge in [0.05, 0.1) is 6.61 Å². The predicted octanol–water partition coefficient (Wildman–Crippen LogP) is 6.18. The van der Waals surface area contributed by atoms with E-state index in [0.29, 0.717) is 12.4 Å². The van der Waals surface area contributed by atoms with Crippen LogP contribution in [0.2, 0.25) is 0 Å². The van der Waals surface area contributed by atoms with Crippen LogP contribution < -0.4 is 4.74 Å². The van der Waals surface area contributed by atoms with E-state index in [2.05, 4.69) is 13.8 Å². The number of carbonyl (C=O) groups excluding carboxylic acids is 1.